The van der Waals surface area contributed by atoms with Crippen LogP contribution in [0.2, 0.25) is 0 Å². The lowest BCUT2D eigenvalue weighted by Gasteiger charge is -2.32. The van der Waals surface area contributed by atoms with Crippen LogP contribution in [0.15, 0.2) is 30.3 Å². The second-order valence-electron chi connectivity index (χ2n) is 6.62. The van der Waals surface area contributed by atoms with Gasteiger partial charge in [-0.25, -0.2) is 0 Å². The van der Waals surface area contributed by atoms with Gasteiger partial charge in [0.2, 0.25) is 0 Å². The molecule has 5 nitrogen and oxygen atoms in total. The molecular formula is C20H31NO4. The molecule has 2 rings (SSSR count). The van der Waals surface area contributed by atoms with E-state index in [1.807, 2.05) is 25.1 Å². The van der Waals surface area contributed by atoms with E-state index in [9.17, 15) is 9.90 Å². The monoisotopic (exact) mass is 349 g/mol. The summed E-state index contributed by atoms with van der Waals surface area (Å²) in [6, 6.07) is 10.1. The molecule has 0 spiro atoms. The zero-order valence-electron chi connectivity index (χ0n) is 15.4. The molecule has 1 N–H and O–H groups in total. The molecule has 1 saturated heterocycles. The number of esters is 1. The molecule has 0 unspecified atom stereocenters. The fourth-order valence-corrected chi connectivity index (χ4v) is 3.31. The van der Waals surface area contributed by atoms with Crippen molar-refractivity contribution in [2.24, 2.45) is 5.92 Å². The van der Waals surface area contributed by atoms with Gasteiger partial charge in [0.1, 0.15) is 0 Å². The number of aliphatic hydroxyl groups is 1. The van der Waals surface area contributed by atoms with Gasteiger partial charge in [-0.15, -0.1) is 0 Å². The number of likely N-dealkylation sites (tertiary alicyclic amines) is 1. The molecule has 1 aliphatic heterocycles. The van der Waals surface area contributed by atoms with Crippen molar-refractivity contribution >= 4 is 5.97 Å². The van der Waals surface area contributed by atoms with E-state index in [0.29, 0.717) is 19.8 Å². The Morgan fingerprint density at radius 1 is 1.24 bits per heavy atom. The second-order valence-corrected chi connectivity index (χ2v) is 6.62. The van der Waals surface area contributed by atoms with Crippen molar-refractivity contribution in [3.05, 3.63) is 35.9 Å². The average molecular weight is 349 g/mol. The summed E-state index contributed by atoms with van der Waals surface area (Å²) in [6.45, 7) is 6.90. The third-order valence-electron chi connectivity index (χ3n) is 4.71. The molecule has 5 heteroatoms. The van der Waals surface area contributed by atoms with Gasteiger partial charge in [0.05, 0.1) is 31.3 Å². The molecule has 1 aromatic rings. The highest BCUT2D eigenvalue weighted by atomic mass is 16.5. The van der Waals surface area contributed by atoms with Crippen LogP contribution in [0.5, 0.6) is 0 Å². The Labute approximate surface area is 150 Å². The van der Waals surface area contributed by atoms with Crippen LogP contribution in [0.4, 0.5) is 0 Å². The van der Waals surface area contributed by atoms with Gasteiger partial charge in [-0.1, -0.05) is 37.3 Å². The van der Waals surface area contributed by atoms with E-state index in [-0.39, 0.29) is 18.0 Å². The zero-order chi connectivity index (χ0) is 18.1. The van der Waals surface area contributed by atoms with E-state index < -0.39 is 6.10 Å². The molecule has 1 fully saturated rings. The fraction of sp³-hybridized carbons (Fsp3) is 0.650. The maximum atomic E-state index is 11.8. The van der Waals surface area contributed by atoms with Gasteiger partial charge in [-0.2, -0.15) is 0 Å². The van der Waals surface area contributed by atoms with Gasteiger partial charge < -0.3 is 19.5 Å². The summed E-state index contributed by atoms with van der Waals surface area (Å²) in [5.41, 5.74) is 1.15. The van der Waals surface area contributed by atoms with Crippen molar-refractivity contribution in [2.45, 2.75) is 45.3 Å². The van der Waals surface area contributed by atoms with Gasteiger partial charge >= 0.3 is 5.97 Å². The minimum atomic E-state index is -0.517. The Kier molecular flexibility index (Phi) is 8.38. The predicted octanol–water partition coefficient (Wildman–Crippen LogP) is 2.79. The largest absolute Gasteiger partial charge is 0.466 e. The van der Waals surface area contributed by atoms with Gasteiger partial charge in [0.25, 0.3) is 0 Å². The maximum absolute atomic E-state index is 11.8. The van der Waals surface area contributed by atoms with Crippen LogP contribution in [0, 0.1) is 5.92 Å². The molecule has 2 atom stereocenters. The summed E-state index contributed by atoms with van der Waals surface area (Å²) in [6.07, 6.45) is 1.98. The lowest BCUT2D eigenvalue weighted by Crippen LogP contribution is -2.42. The topological polar surface area (TPSA) is 59.0 Å². The Bertz CT molecular complexity index is 500. The number of rotatable bonds is 9. The van der Waals surface area contributed by atoms with Crippen LogP contribution in [0.25, 0.3) is 0 Å². The molecule has 0 aliphatic carbocycles. The van der Waals surface area contributed by atoms with Crippen LogP contribution < -0.4 is 0 Å². The number of carbonyl (C=O) groups excluding carboxylic acids is 1. The van der Waals surface area contributed by atoms with Crippen molar-refractivity contribution in [3.8, 4) is 0 Å². The molecular weight excluding hydrogens is 318 g/mol. The SMILES string of the molecule is CCOC(=O)C1CCN(C[C@H](O)CO[C@H](CC)c2ccccc2)CC1. The van der Waals surface area contributed by atoms with Crippen LogP contribution >= 0.6 is 0 Å². The molecule has 1 heterocycles. The number of piperidine rings is 1. The summed E-state index contributed by atoms with van der Waals surface area (Å²) < 4.78 is 11.0. The van der Waals surface area contributed by atoms with E-state index in [1.165, 1.54) is 0 Å². The number of aliphatic hydroxyl groups excluding tert-OH is 1. The van der Waals surface area contributed by atoms with Crippen molar-refractivity contribution in [1.29, 1.82) is 0 Å². The number of hydrogen-bond acceptors (Lipinski definition) is 5. The molecule has 0 amide bonds. The van der Waals surface area contributed by atoms with E-state index >= 15 is 0 Å². The Balaban J connectivity index is 1.70. The van der Waals surface area contributed by atoms with E-state index in [0.717, 1.165) is 37.9 Å². The van der Waals surface area contributed by atoms with Crippen molar-refractivity contribution < 1.29 is 19.4 Å². The number of nitrogens with zero attached hydrogens (tertiary/aromatic N) is 1. The van der Waals surface area contributed by atoms with E-state index in [1.54, 1.807) is 0 Å². The molecule has 1 aromatic carbocycles. The Morgan fingerprint density at radius 3 is 2.52 bits per heavy atom. The lowest BCUT2D eigenvalue weighted by atomic mass is 9.97. The second kappa shape index (κ2) is 10.5. The van der Waals surface area contributed by atoms with Gasteiger partial charge in [-0.3, -0.25) is 4.79 Å². The average Bonchev–Trinajstić information content (AvgIpc) is 2.64. The Hall–Kier alpha value is -1.43. The first-order valence-electron chi connectivity index (χ1n) is 9.37. The minimum absolute atomic E-state index is 0.00662. The van der Waals surface area contributed by atoms with Crippen LogP contribution in [0.1, 0.15) is 44.8 Å². The number of hydrogen-bond donors (Lipinski definition) is 1. The van der Waals surface area contributed by atoms with Crippen LogP contribution in [-0.4, -0.2) is 54.9 Å². The van der Waals surface area contributed by atoms with Crippen LogP contribution in [-0.2, 0) is 14.3 Å². The summed E-state index contributed by atoms with van der Waals surface area (Å²) in [7, 11) is 0. The summed E-state index contributed by atoms with van der Waals surface area (Å²) in [5.74, 6) is -0.0770. The highest BCUT2D eigenvalue weighted by Crippen LogP contribution is 2.22. The smallest absolute Gasteiger partial charge is 0.309 e. The number of carbonyl (C=O) groups is 1. The summed E-state index contributed by atoms with van der Waals surface area (Å²) in [5, 5.41) is 10.3. The third kappa shape index (κ3) is 6.42. The summed E-state index contributed by atoms with van der Waals surface area (Å²) in [4.78, 5) is 14.0. The molecule has 0 aromatic heterocycles. The highest BCUT2D eigenvalue weighted by molar-refractivity contribution is 5.72. The Morgan fingerprint density at radius 2 is 1.92 bits per heavy atom. The molecule has 140 valence electrons. The first kappa shape index (κ1) is 19.9. The van der Waals surface area contributed by atoms with Crippen molar-refractivity contribution in [1.82, 2.24) is 4.90 Å². The summed E-state index contributed by atoms with van der Waals surface area (Å²) >= 11 is 0. The quantitative estimate of drug-likeness (QED) is 0.695. The standard InChI is InChI=1S/C20H31NO4/c1-3-19(16-8-6-5-7-9-16)25-15-18(22)14-21-12-10-17(11-13-21)20(23)24-4-2/h5-9,17-19,22H,3-4,10-15H2,1-2H3/t18-,19+/m0/s1. The number of β-amino-alcohol motifs (C(OH)–C–C–N with tert-alkyl or cyclic N) is 1. The fourth-order valence-electron chi connectivity index (χ4n) is 3.31. The van der Waals surface area contributed by atoms with E-state index in [4.69, 9.17) is 9.47 Å². The molecule has 0 bridgehead atoms. The predicted molar refractivity (Wildman–Crippen MR) is 97.2 cm³/mol. The first-order chi connectivity index (χ1) is 12.1. The van der Waals surface area contributed by atoms with Crippen LogP contribution in [0.3, 0.4) is 0 Å². The van der Waals surface area contributed by atoms with Gasteiger partial charge in [-0.05, 0) is 44.8 Å². The minimum Gasteiger partial charge on any atom is -0.466 e. The third-order valence-corrected chi connectivity index (χ3v) is 4.71. The maximum Gasteiger partial charge on any atom is 0.309 e. The zero-order valence-corrected chi connectivity index (χ0v) is 15.4. The number of ether oxygens (including phenoxy) is 2. The molecule has 25 heavy (non-hydrogen) atoms. The molecule has 0 saturated carbocycles. The van der Waals surface area contributed by atoms with E-state index in [2.05, 4.69) is 24.0 Å². The highest BCUT2D eigenvalue weighted by Gasteiger charge is 2.27. The van der Waals surface area contributed by atoms with Gasteiger partial charge in [0.15, 0.2) is 0 Å². The lowest BCUT2D eigenvalue weighted by molar-refractivity contribution is -0.149. The van der Waals surface area contributed by atoms with Crippen molar-refractivity contribution in [2.75, 3.05) is 32.8 Å². The molecule has 1 aliphatic rings. The normalized spacial score (nSPS) is 18.7. The van der Waals surface area contributed by atoms with Crippen molar-refractivity contribution in [3.63, 3.8) is 0 Å². The van der Waals surface area contributed by atoms with Gasteiger partial charge in [0, 0.05) is 6.54 Å². The number of benzene rings is 1. The molecule has 0 radical (unpaired) electrons. The first-order valence-corrected chi connectivity index (χ1v) is 9.37.